The molecule has 0 radical (unpaired) electrons. The van der Waals surface area contributed by atoms with E-state index in [1.54, 1.807) is 16.3 Å². The van der Waals surface area contributed by atoms with Crippen LogP contribution in [0, 0.1) is 0 Å². The molecule has 0 bridgehead atoms. The molecule has 1 saturated carbocycles. The third-order valence-corrected chi connectivity index (χ3v) is 4.70. The molecule has 1 spiro atoms. The minimum Gasteiger partial charge on any atom is -0.368 e. The van der Waals surface area contributed by atoms with E-state index < -0.39 is 0 Å². The summed E-state index contributed by atoms with van der Waals surface area (Å²) in [6.45, 7) is 0.681. The van der Waals surface area contributed by atoms with Gasteiger partial charge in [-0.05, 0) is 12.8 Å². The second kappa shape index (κ2) is 4.71. The molecule has 18 heavy (non-hydrogen) atoms. The fourth-order valence-electron chi connectivity index (χ4n) is 2.49. The van der Waals surface area contributed by atoms with Crippen LogP contribution >= 0.6 is 11.8 Å². The number of nitrogen functional groups attached to an aromatic ring is 1. The molecule has 2 heterocycles. The number of hydrogen-bond donors (Lipinski definition) is 1. The first-order valence-corrected chi connectivity index (χ1v) is 7.26. The first-order chi connectivity index (χ1) is 8.69. The topological polar surface area (TPSA) is 75.2 Å². The highest BCUT2D eigenvalue weighted by Crippen LogP contribution is 2.40. The Labute approximate surface area is 110 Å². The van der Waals surface area contributed by atoms with Gasteiger partial charge in [0.2, 0.25) is 5.95 Å². The van der Waals surface area contributed by atoms with E-state index in [9.17, 15) is 0 Å². The Hall–Kier alpha value is -0.790. The molecule has 1 aliphatic carbocycles. The maximum Gasteiger partial charge on any atom is 0.222 e. The van der Waals surface area contributed by atoms with Crippen LogP contribution in [0.1, 0.15) is 25.7 Å². The molecule has 7 heteroatoms. The summed E-state index contributed by atoms with van der Waals surface area (Å²) in [5.41, 5.74) is 5.64. The van der Waals surface area contributed by atoms with Crippen molar-refractivity contribution in [2.45, 2.75) is 42.7 Å². The van der Waals surface area contributed by atoms with Crippen molar-refractivity contribution in [2.75, 3.05) is 18.1 Å². The lowest BCUT2D eigenvalue weighted by Gasteiger charge is -2.21. The highest BCUT2D eigenvalue weighted by molar-refractivity contribution is 7.99. The zero-order valence-electron chi connectivity index (χ0n) is 10.5. The average Bonchev–Trinajstić information content (AvgIpc) is 3.05. The van der Waals surface area contributed by atoms with Crippen LogP contribution in [0.3, 0.4) is 0 Å². The summed E-state index contributed by atoms with van der Waals surface area (Å²) in [7, 11) is 1.86. The van der Waals surface area contributed by atoms with E-state index in [1.165, 1.54) is 12.8 Å². The molecule has 100 valence electrons. The summed E-state index contributed by atoms with van der Waals surface area (Å²) >= 11 is 1.61. The van der Waals surface area contributed by atoms with E-state index in [-0.39, 0.29) is 11.9 Å². The number of aromatic nitrogens is 3. The van der Waals surface area contributed by atoms with Crippen molar-refractivity contribution in [3.63, 3.8) is 0 Å². The number of ether oxygens (including phenoxy) is 2. The van der Waals surface area contributed by atoms with Gasteiger partial charge >= 0.3 is 0 Å². The van der Waals surface area contributed by atoms with Crippen molar-refractivity contribution < 1.29 is 9.47 Å². The van der Waals surface area contributed by atoms with Gasteiger partial charge in [-0.3, -0.25) is 4.57 Å². The first kappa shape index (κ1) is 12.3. The summed E-state index contributed by atoms with van der Waals surface area (Å²) in [6, 6.07) is 0. The van der Waals surface area contributed by atoms with Crippen molar-refractivity contribution in [2.24, 2.45) is 7.05 Å². The lowest BCUT2D eigenvalue weighted by molar-refractivity contribution is -0.159. The van der Waals surface area contributed by atoms with Crippen LogP contribution < -0.4 is 5.73 Å². The molecule has 1 saturated heterocycles. The summed E-state index contributed by atoms with van der Waals surface area (Å²) in [4.78, 5) is 0. The van der Waals surface area contributed by atoms with Crippen LogP contribution in [0.25, 0.3) is 0 Å². The molecule has 2 fully saturated rings. The minimum absolute atomic E-state index is 0.144. The van der Waals surface area contributed by atoms with Crippen LogP contribution in [0.15, 0.2) is 5.16 Å². The number of thioether (sulfide) groups is 1. The Morgan fingerprint density at radius 2 is 2.22 bits per heavy atom. The van der Waals surface area contributed by atoms with Gasteiger partial charge in [-0.25, -0.2) is 0 Å². The van der Waals surface area contributed by atoms with E-state index in [4.69, 9.17) is 15.2 Å². The molecule has 2 N–H and O–H groups in total. The Balaban J connectivity index is 1.54. The van der Waals surface area contributed by atoms with Crippen LogP contribution in [0.4, 0.5) is 5.95 Å². The van der Waals surface area contributed by atoms with Crippen LogP contribution in [-0.2, 0) is 16.5 Å². The van der Waals surface area contributed by atoms with Gasteiger partial charge in [0.05, 0.1) is 12.7 Å². The maximum absolute atomic E-state index is 6.05. The fourth-order valence-corrected chi connectivity index (χ4v) is 3.38. The van der Waals surface area contributed by atoms with Crippen LogP contribution in [0.2, 0.25) is 0 Å². The van der Waals surface area contributed by atoms with Crippen molar-refractivity contribution >= 4 is 17.7 Å². The van der Waals surface area contributed by atoms with Gasteiger partial charge < -0.3 is 15.2 Å². The van der Waals surface area contributed by atoms with Gasteiger partial charge in [0, 0.05) is 25.6 Å². The standard InChI is InChI=1S/C11H18N4O2S/c1-15-9(12)13-14-10(15)18-7-8-6-16-11(17-8)4-2-3-5-11/h8H,2-7H2,1H3,(H2,12,13). The fraction of sp³-hybridized carbons (Fsp3) is 0.818. The van der Waals surface area contributed by atoms with Gasteiger partial charge in [-0.2, -0.15) is 0 Å². The van der Waals surface area contributed by atoms with Gasteiger partial charge in [-0.15, -0.1) is 10.2 Å². The third kappa shape index (κ3) is 2.22. The summed E-state index contributed by atoms with van der Waals surface area (Å²) in [5.74, 6) is 0.992. The van der Waals surface area contributed by atoms with Gasteiger partial charge in [0.1, 0.15) is 0 Å². The number of rotatable bonds is 3. The highest BCUT2D eigenvalue weighted by Gasteiger charge is 2.43. The molecular formula is C11H18N4O2S. The monoisotopic (exact) mass is 270 g/mol. The predicted molar refractivity (Wildman–Crippen MR) is 68.2 cm³/mol. The number of hydrogen-bond acceptors (Lipinski definition) is 6. The molecule has 1 aromatic heterocycles. The largest absolute Gasteiger partial charge is 0.368 e. The molecular weight excluding hydrogens is 252 g/mol. The molecule has 0 aromatic carbocycles. The Morgan fingerprint density at radius 3 is 2.89 bits per heavy atom. The van der Waals surface area contributed by atoms with Gasteiger partial charge in [0.25, 0.3) is 0 Å². The van der Waals surface area contributed by atoms with Gasteiger partial charge in [-0.1, -0.05) is 11.8 Å². The third-order valence-electron chi connectivity index (χ3n) is 3.55. The predicted octanol–water partition coefficient (Wildman–Crippen LogP) is 1.18. The van der Waals surface area contributed by atoms with Crippen LogP contribution in [-0.4, -0.2) is 39.0 Å². The van der Waals surface area contributed by atoms with E-state index in [1.807, 2.05) is 7.05 Å². The van der Waals surface area contributed by atoms with Crippen molar-refractivity contribution in [1.29, 1.82) is 0 Å². The zero-order valence-corrected chi connectivity index (χ0v) is 11.3. The smallest absolute Gasteiger partial charge is 0.222 e. The van der Waals surface area contributed by atoms with Gasteiger partial charge in [0.15, 0.2) is 10.9 Å². The van der Waals surface area contributed by atoms with Crippen molar-refractivity contribution in [3.8, 4) is 0 Å². The normalized spacial score (nSPS) is 26.2. The van der Waals surface area contributed by atoms with E-state index in [2.05, 4.69) is 10.2 Å². The molecule has 1 aliphatic heterocycles. The lowest BCUT2D eigenvalue weighted by Crippen LogP contribution is -2.27. The van der Waals surface area contributed by atoms with Crippen LogP contribution in [0.5, 0.6) is 0 Å². The molecule has 1 aromatic rings. The molecule has 0 amide bonds. The molecule has 3 rings (SSSR count). The summed E-state index contributed by atoms with van der Waals surface area (Å²) < 4.78 is 13.7. The Morgan fingerprint density at radius 1 is 1.44 bits per heavy atom. The molecule has 1 unspecified atom stereocenters. The van der Waals surface area contributed by atoms with Crippen molar-refractivity contribution in [3.05, 3.63) is 0 Å². The second-order valence-corrected chi connectivity index (χ2v) is 5.87. The highest BCUT2D eigenvalue weighted by atomic mass is 32.2. The van der Waals surface area contributed by atoms with Crippen molar-refractivity contribution in [1.82, 2.24) is 14.8 Å². The minimum atomic E-state index is -0.274. The van der Waals surface area contributed by atoms with E-state index >= 15 is 0 Å². The maximum atomic E-state index is 6.05. The summed E-state index contributed by atoms with van der Waals surface area (Å²) in [6.07, 6.45) is 4.63. The molecule has 1 atom stereocenters. The molecule has 2 aliphatic rings. The SMILES string of the molecule is Cn1c(N)nnc1SCC1COC2(CCCC2)O1. The zero-order chi connectivity index (χ0) is 12.6. The summed E-state index contributed by atoms with van der Waals surface area (Å²) in [5, 5.41) is 8.67. The van der Waals surface area contributed by atoms with E-state index in [0.717, 1.165) is 23.8 Å². The second-order valence-electron chi connectivity index (χ2n) is 4.88. The Bertz CT molecular complexity index is 431. The average molecular weight is 270 g/mol. The molecule has 6 nitrogen and oxygen atoms in total. The number of nitrogens with zero attached hydrogens (tertiary/aromatic N) is 3. The number of nitrogens with two attached hydrogens (primary N) is 1. The Kier molecular flexibility index (Phi) is 3.21. The lowest BCUT2D eigenvalue weighted by atomic mass is 10.2. The quantitative estimate of drug-likeness (QED) is 0.831. The number of anilines is 1. The van der Waals surface area contributed by atoms with E-state index in [0.29, 0.717) is 12.6 Å². The first-order valence-electron chi connectivity index (χ1n) is 6.28.